The van der Waals surface area contributed by atoms with Gasteiger partial charge in [-0.2, -0.15) is 0 Å². The number of hydrogen-bond acceptors (Lipinski definition) is 2. The minimum atomic E-state index is 0.632. The SMILES string of the molecule is CCNC(=S)NN(Cc1ccccc1)c1ccccc1. The highest BCUT2D eigenvalue weighted by atomic mass is 32.1. The van der Waals surface area contributed by atoms with Gasteiger partial charge in [0.05, 0.1) is 12.2 Å². The van der Waals surface area contributed by atoms with Gasteiger partial charge < -0.3 is 5.32 Å². The second-order valence-electron chi connectivity index (χ2n) is 4.38. The maximum atomic E-state index is 5.28. The molecule has 0 unspecified atom stereocenters. The molecule has 0 heterocycles. The van der Waals surface area contributed by atoms with E-state index in [9.17, 15) is 0 Å². The molecule has 0 radical (unpaired) electrons. The van der Waals surface area contributed by atoms with Crippen LogP contribution >= 0.6 is 12.2 Å². The molecule has 4 heteroatoms. The van der Waals surface area contributed by atoms with Gasteiger partial charge in [0.15, 0.2) is 5.11 Å². The van der Waals surface area contributed by atoms with Crippen molar-refractivity contribution in [2.45, 2.75) is 13.5 Å². The summed E-state index contributed by atoms with van der Waals surface area (Å²) >= 11 is 5.28. The van der Waals surface area contributed by atoms with E-state index < -0.39 is 0 Å². The average molecular weight is 285 g/mol. The van der Waals surface area contributed by atoms with Crippen molar-refractivity contribution in [3.63, 3.8) is 0 Å². The van der Waals surface area contributed by atoms with Gasteiger partial charge in [0.1, 0.15) is 0 Å². The number of anilines is 1. The van der Waals surface area contributed by atoms with Crippen LogP contribution in [0.25, 0.3) is 0 Å². The average Bonchev–Trinajstić information content (AvgIpc) is 2.49. The summed E-state index contributed by atoms with van der Waals surface area (Å²) in [6.07, 6.45) is 0. The van der Waals surface area contributed by atoms with Gasteiger partial charge in [-0.05, 0) is 36.8 Å². The highest BCUT2D eigenvalue weighted by molar-refractivity contribution is 7.80. The predicted octanol–water partition coefficient (Wildman–Crippen LogP) is 3.09. The van der Waals surface area contributed by atoms with Crippen molar-refractivity contribution in [3.05, 3.63) is 66.2 Å². The van der Waals surface area contributed by atoms with E-state index in [0.29, 0.717) is 5.11 Å². The van der Waals surface area contributed by atoms with E-state index in [4.69, 9.17) is 12.2 Å². The second-order valence-corrected chi connectivity index (χ2v) is 4.79. The van der Waals surface area contributed by atoms with E-state index in [1.54, 1.807) is 0 Å². The third-order valence-electron chi connectivity index (χ3n) is 2.83. The zero-order valence-corrected chi connectivity index (χ0v) is 12.4. The molecule has 0 fully saturated rings. The van der Waals surface area contributed by atoms with Crippen molar-refractivity contribution in [1.29, 1.82) is 0 Å². The van der Waals surface area contributed by atoms with E-state index in [1.165, 1.54) is 5.56 Å². The van der Waals surface area contributed by atoms with E-state index >= 15 is 0 Å². The molecule has 0 spiro atoms. The lowest BCUT2D eigenvalue weighted by Gasteiger charge is -2.27. The van der Waals surface area contributed by atoms with Gasteiger partial charge in [-0.3, -0.25) is 10.4 Å². The molecule has 0 aliphatic heterocycles. The van der Waals surface area contributed by atoms with E-state index in [0.717, 1.165) is 18.8 Å². The van der Waals surface area contributed by atoms with Crippen LogP contribution < -0.4 is 15.8 Å². The Kier molecular flexibility index (Phi) is 5.38. The van der Waals surface area contributed by atoms with E-state index in [-0.39, 0.29) is 0 Å². The van der Waals surface area contributed by atoms with Crippen molar-refractivity contribution < 1.29 is 0 Å². The number of nitrogens with zero attached hydrogens (tertiary/aromatic N) is 1. The summed E-state index contributed by atoms with van der Waals surface area (Å²) in [6.45, 7) is 3.58. The Bertz CT molecular complexity index is 528. The Morgan fingerprint density at radius 1 is 1.00 bits per heavy atom. The van der Waals surface area contributed by atoms with Gasteiger partial charge in [0.25, 0.3) is 0 Å². The lowest BCUT2D eigenvalue weighted by molar-refractivity contribution is 0.746. The molecule has 0 aliphatic carbocycles. The molecule has 2 aromatic carbocycles. The molecular weight excluding hydrogens is 266 g/mol. The predicted molar refractivity (Wildman–Crippen MR) is 88.5 cm³/mol. The number of thiocarbonyl (C=S) groups is 1. The molecule has 0 aliphatic rings. The molecule has 2 rings (SSSR count). The van der Waals surface area contributed by atoms with Crippen LogP contribution in [0, 0.1) is 0 Å². The number of para-hydroxylation sites is 1. The van der Waals surface area contributed by atoms with Crippen molar-refractivity contribution >= 4 is 23.0 Å². The molecule has 0 saturated carbocycles. The highest BCUT2D eigenvalue weighted by Gasteiger charge is 2.08. The fraction of sp³-hybridized carbons (Fsp3) is 0.188. The van der Waals surface area contributed by atoms with Crippen LogP contribution in [0.3, 0.4) is 0 Å². The van der Waals surface area contributed by atoms with Crippen molar-refractivity contribution in [2.24, 2.45) is 0 Å². The standard InChI is InChI=1S/C16H19N3S/c1-2-17-16(20)18-19(15-11-7-4-8-12-15)13-14-9-5-3-6-10-14/h3-12H,2,13H2,1H3,(H2,17,18,20). The molecule has 2 N–H and O–H groups in total. The third-order valence-corrected chi connectivity index (χ3v) is 3.06. The molecule has 0 aromatic heterocycles. The second kappa shape index (κ2) is 7.50. The molecule has 0 amide bonds. The molecule has 104 valence electrons. The summed E-state index contributed by atoms with van der Waals surface area (Å²) in [5.74, 6) is 0. The van der Waals surface area contributed by atoms with Gasteiger partial charge >= 0.3 is 0 Å². The third kappa shape index (κ3) is 4.24. The highest BCUT2D eigenvalue weighted by Crippen LogP contribution is 2.14. The lowest BCUT2D eigenvalue weighted by Crippen LogP contribution is -2.47. The van der Waals surface area contributed by atoms with Crippen LogP contribution in [-0.4, -0.2) is 11.7 Å². The first-order chi connectivity index (χ1) is 9.79. The number of rotatable bonds is 5. The van der Waals surface area contributed by atoms with Crippen LogP contribution in [0.2, 0.25) is 0 Å². The van der Waals surface area contributed by atoms with Crippen LogP contribution in [0.4, 0.5) is 5.69 Å². The molecule has 3 nitrogen and oxygen atoms in total. The minimum Gasteiger partial charge on any atom is -0.362 e. The van der Waals surface area contributed by atoms with Gasteiger partial charge in [-0.25, -0.2) is 0 Å². The van der Waals surface area contributed by atoms with Crippen LogP contribution in [-0.2, 0) is 6.54 Å². The first kappa shape index (κ1) is 14.3. The normalized spacial score (nSPS) is 9.85. The van der Waals surface area contributed by atoms with Gasteiger partial charge in [-0.1, -0.05) is 48.5 Å². The molecule has 0 atom stereocenters. The quantitative estimate of drug-likeness (QED) is 0.652. The van der Waals surface area contributed by atoms with Gasteiger partial charge in [-0.15, -0.1) is 0 Å². The van der Waals surface area contributed by atoms with Gasteiger partial charge in [0.2, 0.25) is 0 Å². The number of hydrogen-bond donors (Lipinski definition) is 2. The number of hydrazine groups is 1. The Balaban J connectivity index is 2.14. The van der Waals surface area contributed by atoms with Crippen LogP contribution in [0.5, 0.6) is 0 Å². The summed E-state index contributed by atoms with van der Waals surface area (Å²) in [7, 11) is 0. The number of nitrogens with one attached hydrogen (secondary N) is 2. The van der Waals surface area contributed by atoms with E-state index in [1.807, 2.05) is 48.3 Å². The minimum absolute atomic E-state index is 0.632. The fourth-order valence-corrected chi connectivity index (χ4v) is 2.15. The molecule has 2 aromatic rings. The Morgan fingerprint density at radius 3 is 2.20 bits per heavy atom. The lowest BCUT2D eigenvalue weighted by atomic mass is 10.2. The number of benzene rings is 2. The summed E-state index contributed by atoms with van der Waals surface area (Å²) in [5.41, 5.74) is 5.54. The van der Waals surface area contributed by atoms with Crippen LogP contribution in [0.1, 0.15) is 12.5 Å². The summed E-state index contributed by atoms with van der Waals surface area (Å²) in [6, 6.07) is 20.5. The largest absolute Gasteiger partial charge is 0.362 e. The summed E-state index contributed by atoms with van der Waals surface area (Å²) in [4.78, 5) is 0. The first-order valence-corrected chi connectivity index (χ1v) is 7.11. The zero-order valence-electron chi connectivity index (χ0n) is 11.5. The van der Waals surface area contributed by atoms with Gasteiger partial charge in [0, 0.05) is 6.54 Å². The van der Waals surface area contributed by atoms with Crippen molar-refractivity contribution in [3.8, 4) is 0 Å². The summed E-state index contributed by atoms with van der Waals surface area (Å²) < 4.78 is 0. The Morgan fingerprint density at radius 2 is 1.60 bits per heavy atom. The van der Waals surface area contributed by atoms with Crippen molar-refractivity contribution in [1.82, 2.24) is 10.7 Å². The Hall–Kier alpha value is -2.07. The Labute approximate surface area is 125 Å². The molecule has 0 bridgehead atoms. The summed E-state index contributed by atoms with van der Waals surface area (Å²) in [5, 5.41) is 5.78. The van der Waals surface area contributed by atoms with Crippen molar-refractivity contribution in [2.75, 3.05) is 11.6 Å². The fourth-order valence-electron chi connectivity index (χ4n) is 1.89. The van der Waals surface area contributed by atoms with Crippen LogP contribution in [0.15, 0.2) is 60.7 Å². The maximum absolute atomic E-state index is 5.28. The molecule has 0 saturated heterocycles. The molecular formula is C16H19N3S. The zero-order chi connectivity index (χ0) is 14.2. The molecule has 20 heavy (non-hydrogen) atoms. The topological polar surface area (TPSA) is 27.3 Å². The smallest absolute Gasteiger partial charge is 0.185 e. The maximum Gasteiger partial charge on any atom is 0.185 e. The van der Waals surface area contributed by atoms with E-state index in [2.05, 4.69) is 35.0 Å². The first-order valence-electron chi connectivity index (χ1n) is 6.70. The monoisotopic (exact) mass is 285 g/mol.